The van der Waals surface area contributed by atoms with Crippen molar-refractivity contribution in [3.63, 3.8) is 0 Å². The summed E-state index contributed by atoms with van der Waals surface area (Å²) in [5.41, 5.74) is 1.28. The van der Waals surface area contributed by atoms with Gasteiger partial charge in [0.2, 0.25) is 0 Å². The Morgan fingerprint density at radius 3 is 1.95 bits per heavy atom. The zero-order valence-corrected chi connectivity index (χ0v) is 24.2. The molecule has 0 aromatic heterocycles. The van der Waals surface area contributed by atoms with Crippen molar-refractivity contribution in [2.24, 2.45) is 17.8 Å². The Bertz CT molecular complexity index is 1150. The van der Waals surface area contributed by atoms with Crippen molar-refractivity contribution < 1.29 is 29.4 Å². The number of carboxylic acids is 2. The molecule has 10 heteroatoms. The predicted molar refractivity (Wildman–Crippen MR) is 151 cm³/mol. The highest BCUT2D eigenvalue weighted by molar-refractivity contribution is 8.76. The van der Waals surface area contributed by atoms with Gasteiger partial charge in [-0.15, -0.1) is 0 Å². The lowest BCUT2D eigenvalue weighted by atomic mass is 9.93. The van der Waals surface area contributed by atoms with Gasteiger partial charge in [-0.25, -0.2) is 4.79 Å². The van der Waals surface area contributed by atoms with Gasteiger partial charge in [0.25, 0.3) is 11.8 Å². The number of carboxylic acid groups (broad SMARTS) is 2. The van der Waals surface area contributed by atoms with E-state index >= 15 is 0 Å². The first-order chi connectivity index (χ1) is 17.8. The number of nitrogens with zero attached hydrogens (tertiary/aromatic N) is 1. The molecule has 206 valence electrons. The standard InChI is InChI=1S/C28H36N2O6S2/c1-16(2)14-22(28(35)36)30(38-37-20-10-8-7-9-11-20)26(32)24-19(6)13-12-18(5)23(24)25(31)29-15-21(17(3)4)27(33)34/h7-13,16-17,21-22H,14-15H2,1-6H3,(H,29,31)(H,33,34)(H,35,36). The van der Waals surface area contributed by atoms with E-state index in [4.69, 9.17) is 0 Å². The summed E-state index contributed by atoms with van der Waals surface area (Å²) in [5.74, 6) is -4.31. The summed E-state index contributed by atoms with van der Waals surface area (Å²) in [6.07, 6.45) is 0.227. The van der Waals surface area contributed by atoms with E-state index in [0.717, 1.165) is 15.9 Å². The predicted octanol–water partition coefficient (Wildman–Crippen LogP) is 5.69. The molecule has 0 bridgehead atoms. The fraction of sp³-hybridized carbons (Fsp3) is 0.429. The Hall–Kier alpha value is -2.98. The van der Waals surface area contributed by atoms with Gasteiger partial charge in [0.15, 0.2) is 0 Å². The number of amides is 2. The second kappa shape index (κ2) is 14.2. The minimum atomic E-state index is -1.13. The van der Waals surface area contributed by atoms with Crippen LogP contribution in [0.4, 0.5) is 0 Å². The number of aryl methyl sites for hydroxylation is 2. The SMILES string of the molecule is Cc1ccc(C)c(C(=O)N(SSc2ccccc2)C(CC(C)C)C(=O)O)c1C(=O)NCC(C(=O)O)C(C)C. The largest absolute Gasteiger partial charge is 0.481 e. The topological polar surface area (TPSA) is 124 Å². The maximum Gasteiger partial charge on any atom is 0.327 e. The Kier molecular flexibility index (Phi) is 11.7. The summed E-state index contributed by atoms with van der Waals surface area (Å²) in [6.45, 7) is 10.6. The van der Waals surface area contributed by atoms with E-state index in [2.05, 4.69) is 5.32 Å². The lowest BCUT2D eigenvalue weighted by molar-refractivity contribution is -0.143. The Morgan fingerprint density at radius 1 is 0.868 bits per heavy atom. The average molecular weight is 561 g/mol. The molecule has 2 unspecified atom stereocenters. The van der Waals surface area contributed by atoms with Gasteiger partial charge in [-0.05, 0) is 66.2 Å². The van der Waals surface area contributed by atoms with Gasteiger partial charge in [-0.2, -0.15) is 0 Å². The van der Waals surface area contributed by atoms with Crippen molar-refractivity contribution in [3.8, 4) is 0 Å². The summed E-state index contributed by atoms with van der Waals surface area (Å²) in [4.78, 5) is 52.3. The van der Waals surface area contributed by atoms with Gasteiger partial charge >= 0.3 is 11.9 Å². The molecule has 0 aliphatic carbocycles. The highest BCUT2D eigenvalue weighted by Gasteiger charge is 2.35. The fourth-order valence-corrected chi connectivity index (χ4v) is 6.14. The summed E-state index contributed by atoms with van der Waals surface area (Å²) in [5, 5.41) is 22.3. The first-order valence-corrected chi connectivity index (χ1v) is 14.5. The molecular formula is C28H36N2O6S2. The van der Waals surface area contributed by atoms with Crippen LogP contribution in [0.25, 0.3) is 0 Å². The number of hydrogen-bond donors (Lipinski definition) is 3. The number of benzene rings is 2. The molecule has 0 heterocycles. The molecule has 0 aliphatic heterocycles. The maximum absolute atomic E-state index is 14.1. The third-order valence-electron chi connectivity index (χ3n) is 6.09. The zero-order chi connectivity index (χ0) is 28.6. The minimum Gasteiger partial charge on any atom is -0.481 e. The van der Waals surface area contributed by atoms with Crippen LogP contribution in [0.15, 0.2) is 47.4 Å². The molecule has 0 saturated carbocycles. The quantitative estimate of drug-likeness (QED) is 0.211. The lowest BCUT2D eigenvalue weighted by Crippen LogP contribution is -2.42. The van der Waals surface area contributed by atoms with Gasteiger partial charge < -0.3 is 15.5 Å². The normalized spacial score (nSPS) is 12.7. The summed E-state index contributed by atoms with van der Waals surface area (Å²) in [6, 6.07) is 11.6. The van der Waals surface area contributed by atoms with E-state index in [1.165, 1.54) is 15.1 Å². The molecule has 2 atom stereocenters. The molecule has 0 saturated heterocycles. The minimum absolute atomic E-state index is 0.000846. The highest BCUT2D eigenvalue weighted by atomic mass is 33.1. The van der Waals surface area contributed by atoms with Crippen LogP contribution < -0.4 is 5.32 Å². The van der Waals surface area contributed by atoms with Crippen LogP contribution in [0.1, 0.15) is 66.0 Å². The van der Waals surface area contributed by atoms with E-state index < -0.39 is 35.7 Å². The molecule has 2 rings (SSSR count). The number of carbonyl (C=O) groups excluding carboxylic acids is 2. The van der Waals surface area contributed by atoms with Crippen molar-refractivity contribution in [2.75, 3.05) is 6.54 Å². The third kappa shape index (κ3) is 8.26. The van der Waals surface area contributed by atoms with Gasteiger partial charge in [0.05, 0.1) is 17.0 Å². The van der Waals surface area contributed by atoms with Crippen LogP contribution in [0.2, 0.25) is 0 Å². The van der Waals surface area contributed by atoms with Crippen LogP contribution in [-0.2, 0) is 9.59 Å². The van der Waals surface area contributed by atoms with Gasteiger partial charge in [0, 0.05) is 22.4 Å². The van der Waals surface area contributed by atoms with Crippen molar-refractivity contribution in [1.29, 1.82) is 0 Å². The second-order valence-electron chi connectivity index (χ2n) is 9.93. The molecule has 2 aromatic carbocycles. The zero-order valence-electron chi connectivity index (χ0n) is 22.6. The van der Waals surface area contributed by atoms with Crippen molar-refractivity contribution in [2.45, 2.75) is 58.9 Å². The summed E-state index contributed by atoms with van der Waals surface area (Å²) >= 11 is 0. The monoisotopic (exact) mass is 560 g/mol. The molecule has 2 aromatic rings. The van der Waals surface area contributed by atoms with E-state index in [0.29, 0.717) is 11.1 Å². The Balaban J connectivity index is 2.52. The number of hydrogen-bond acceptors (Lipinski definition) is 6. The third-order valence-corrected chi connectivity index (χ3v) is 8.49. The molecule has 3 N–H and O–H groups in total. The van der Waals surface area contributed by atoms with Gasteiger partial charge in [-0.3, -0.25) is 18.7 Å². The molecule has 0 radical (unpaired) electrons. The number of nitrogens with one attached hydrogen (secondary N) is 1. The first-order valence-electron chi connectivity index (χ1n) is 12.4. The number of aliphatic carboxylic acids is 2. The van der Waals surface area contributed by atoms with Crippen LogP contribution in [0.3, 0.4) is 0 Å². The smallest absolute Gasteiger partial charge is 0.327 e. The van der Waals surface area contributed by atoms with Crippen molar-refractivity contribution in [1.82, 2.24) is 9.62 Å². The van der Waals surface area contributed by atoms with E-state index in [9.17, 15) is 29.4 Å². The highest BCUT2D eigenvalue weighted by Crippen LogP contribution is 2.38. The van der Waals surface area contributed by atoms with Gasteiger partial charge in [-0.1, -0.05) is 58.0 Å². The van der Waals surface area contributed by atoms with Crippen molar-refractivity contribution >= 4 is 45.5 Å². The second-order valence-corrected chi connectivity index (χ2v) is 12.1. The number of rotatable bonds is 13. The van der Waals surface area contributed by atoms with E-state index in [1.807, 2.05) is 44.2 Å². The molecule has 2 amide bonds. The fourth-order valence-electron chi connectivity index (χ4n) is 3.92. The Morgan fingerprint density at radius 2 is 1.45 bits per heavy atom. The molecule has 0 fully saturated rings. The van der Waals surface area contributed by atoms with Crippen LogP contribution in [-0.4, -0.2) is 50.9 Å². The number of carbonyl (C=O) groups is 4. The summed E-state index contributed by atoms with van der Waals surface area (Å²) in [7, 11) is 2.29. The van der Waals surface area contributed by atoms with Gasteiger partial charge in [0.1, 0.15) is 6.04 Å². The van der Waals surface area contributed by atoms with Crippen molar-refractivity contribution in [3.05, 3.63) is 64.7 Å². The summed E-state index contributed by atoms with van der Waals surface area (Å²) < 4.78 is 1.24. The maximum atomic E-state index is 14.1. The average Bonchev–Trinajstić information content (AvgIpc) is 2.84. The van der Waals surface area contributed by atoms with E-state index in [1.54, 1.807) is 39.8 Å². The molecule has 8 nitrogen and oxygen atoms in total. The molecule has 0 spiro atoms. The molecular weight excluding hydrogens is 524 g/mol. The van der Waals surface area contributed by atoms with E-state index in [-0.39, 0.29) is 35.9 Å². The first kappa shape index (κ1) is 31.2. The molecule has 38 heavy (non-hydrogen) atoms. The lowest BCUT2D eigenvalue weighted by Gasteiger charge is -2.29. The Labute approximate surface area is 232 Å². The van der Waals surface area contributed by atoms with Crippen LogP contribution in [0, 0.1) is 31.6 Å². The van der Waals surface area contributed by atoms with Crippen LogP contribution >= 0.6 is 21.8 Å². The van der Waals surface area contributed by atoms with Crippen LogP contribution in [0.5, 0.6) is 0 Å². The molecule has 0 aliphatic rings.